The molecular weight excluding hydrogens is 424 g/mol. The van der Waals surface area contributed by atoms with Gasteiger partial charge in [0, 0.05) is 14.1 Å². The van der Waals surface area contributed by atoms with Gasteiger partial charge >= 0.3 is 0 Å². The number of benzene rings is 2. The summed E-state index contributed by atoms with van der Waals surface area (Å²) < 4.78 is 11.2. The number of ether oxygens (including phenoxy) is 2. The molecule has 0 aliphatic heterocycles. The number of nitrogens with zero attached hydrogens (tertiary/aromatic N) is 3. The lowest BCUT2D eigenvalue weighted by Crippen LogP contribution is -2.24. The van der Waals surface area contributed by atoms with E-state index in [4.69, 9.17) is 21.1 Å². The molecule has 9 heteroatoms. The molecule has 156 valence electrons. The van der Waals surface area contributed by atoms with Crippen LogP contribution in [0.5, 0.6) is 11.5 Å². The number of nitrogens with one attached hydrogen (secondary N) is 1. The molecule has 0 fully saturated rings. The first kappa shape index (κ1) is 21.6. The molecular formula is C21H21ClN4O3S. The van der Waals surface area contributed by atoms with Crippen LogP contribution in [0.4, 0.5) is 5.13 Å². The first-order chi connectivity index (χ1) is 14.5. The summed E-state index contributed by atoms with van der Waals surface area (Å²) in [5.74, 6) is 0.894. The molecule has 0 atom stereocenters. The van der Waals surface area contributed by atoms with Crippen LogP contribution in [0.2, 0.25) is 5.15 Å². The Morgan fingerprint density at radius 3 is 2.43 bits per heavy atom. The number of hydrogen-bond donors (Lipinski definition) is 1. The van der Waals surface area contributed by atoms with Gasteiger partial charge in [0.25, 0.3) is 5.91 Å². The van der Waals surface area contributed by atoms with E-state index in [0.29, 0.717) is 22.4 Å². The lowest BCUT2D eigenvalue weighted by molar-refractivity contribution is -0.123. The molecule has 1 N–H and O–H groups in total. The van der Waals surface area contributed by atoms with Gasteiger partial charge in [-0.25, -0.2) is 10.4 Å². The van der Waals surface area contributed by atoms with Crippen molar-refractivity contribution in [3.63, 3.8) is 0 Å². The molecule has 3 aromatic rings. The highest BCUT2D eigenvalue weighted by Gasteiger charge is 2.09. The zero-order chi connectivity index (χ0) is 21.3. The fraction of sp³-hybridized carbons (Fsp3) is 0.190. The van der Waals surface area contributed by atoms with E-state index in [1.807, 2.05) is 49.3 Å². The van der Waals surface area contributed by atoms with Gasteiger partial charge in [0.05, 0.1) is 11.1 Å². The van der Waals surface area contributed by atoms with Crippen LogP contribution in [0.3, 0.4) is 0 Å². The topological polar surface area (TPSA) is 76.1 Å². The number of hydrazone groups is 1. The van der Waals surface area contributed by atoms with E-state index in [9.17, 15) is 4.79 Å². The SMILES string of the molecule is CN(C)c1nc(Cl)c(/C=N/NC(=O)COc2ccc(OCc3ccccc3)cc2)s1. The molecule has 1 aromatic heterocycles. The molecule has 0 saturated carbocycles. The van der Waals surface area contributed by atoms with Crippen molar-refractivity contribution >= 4 is 40.2 Å². The van der Waals surface area contributed by atoms with Crippen LogP contribution >= 0.6 is 22.9 Å². The van der Waals surface area contributed by atoms with Crippen molar-refractivity contribution in [3.05, 3.63) is 70.2 Å². The Morgan fingerprint density at radius 1 is 1.13 bits per heavy atom. The zero-order valence-electron chi connectivity index (χ0n) is 16.5. The number of aromatic nitrogens is 1. The molecule has 0 aliphatic carbocycles. The molecule has 0 spiro atoms. The van der Waals surface area contributed by atoms with Gasteiger partial charge < -0.3 is 14.4 Å². The number of hydrogen-bond acceptors (Lipinski definition) is 7. The third kappa shape index (κ3) is 6.47. The quantitative estimate of drug-likeness (QED) is 0.399. The Kier molecular flexibility index (Phi) is 7.64. The predicted octanol–water partition coefficient (Wildman–Crippen LogP) is 3.97. The Morgan fingerprint density at radius 2 is 1.80 bits per heavy atom. The maximum Gasteiger partial charge on any atom is 0.277 e. The molecule has 1 amide bonds. The first-order valence-corrected chi connectivity index (χ1v) is 10.3. The van der Waals surface area contributed by atoms with E-state index in [-0.39, 0.29) is 12.5 Å². The second-order valence-electron chi connectivity index (χ2n) is 6.37. The van der Waals surface area contributed by atoms with Crippen LogP contribution in [-0.4, -0.2) is 37.8 Å². The highest BCUT2D eigenvalue weighted by molar-refractivity contribution is 7.17. The molecule has 30 heavy (non-hydrogen) atoms. The Balaban J connectivity index is 1.42. The van der Waals surface area contributed by atoms with Gasteiger partial charge in [-0.05, 0) is 29.8 Å². The summed E-state index contributed by atoms with van der Waals surface area (Å²) >= 11 is 7.42. The summed E-state index contributed by atoms with van der Waals surface area (Å²) in [4.78, 5) is 18.6. The maximum absolute atomic E-state index is 11.9. The second-order valence-corrected chi connectivity index (χ2v) is 7.74. The molecule has 7 nitrogen and oxygen atoms in total. The van der Waals surface area contributed by atoms with Gasteiger partial charge in [0.2, 0.25) is 0 Å². The molecule has 0 unspecified atom stereocenters. The van der Waals surface area contributed by atoms with Gasteiger partial charge in [-0.2, -0.15) is 5.10 Å². The predicted molar refractivity (Wildman–Crippen MR) is 120 cm³/mol. The van der Waals surface area contributed by atoms with Crippen LogP contribution < -0.4 is 19.8 Å². The number of halogens is 1. The zero-order valence-corrected chi connectivity index (χ0v) is 18.1. The van der Waals surface area contributed by atoms with Crippen LogP contribution in [-0.2, 0) is 11.4 Å². The van der Waals surface area contributed by atoms with Crippen molar-refractivity contribution < 1.29 is 14.3 Å². The van der Waals surface area contributed by atoms with Crippen molar-refractivity contribution in [2.45, 2.75) is 6.61 Å². The molecule has 2 aromatic carbocycles. The largest absolute Gasteiger partial charge is 0.489 e. The summed E-state index contributed by atoms with van der Waals surface area (Å²) in [5.41, 5.74) is 3.49. The first-order valence-electron chi connectivity index (χ1n) is 9.06. The van der Waals surface area contributed by atoms with Gasteiger partial charge in [-0.3, -0.25) is 4.79 Å². The minimum Gasteiger partial charge on any atom is -0.489 e. The third-order valence-corrected chi connectivity index (χ3v) is 5.35. The summed E-state index contributed by atoms with van der Waals surface area (Å²) in [6, 6.07) is 17.0. The molecule has 0 bridgehead atoms. The normalized spacial score (nSPS) is 10.8. The number of amides is 1. The Hall–Kier alpha value is -3.10. The van der Waals surface area contributed by atoms with Gasteiger partial charge in [-0.1, -0.05) is 53.3 Å². The van der Waals surface area contributed by atoms with Crippen LogP contribution in [0.1, 0.15) is 10.4 Å². The summed E-state index contributed by atoms with van der Waals surface area (Å²) in [5, 5.41) is 4.99. The van der Waals surface area contributed by atoms with E-state index < -0.39 is 0 Å². The van der Waals surface area contributed by atoms with Crippen molar-refractivity contribution in [2.24, 2.45) is 5.10 Å². The van der Waals surface area contributed by atoms with Gasteiger partial charge in [0.15, 0.2) is 16.9 Å². The van der Waals surface area contributed by atoms with Crippen molar-refractivity contribution in [2.75, 3.05) is 25.6 Å². The number of carbonyl (C=O) groups excluding carboxylic acids is 1. The average Bonchev–Trinajstić information content (AvgIpc) is 3.13. The van der Waals surface area contributed by atoms with Crippen LogP contribution in [0, 0.1) is 0 Å². The highest BCUT2D eigenvalue weighted by atomic mass is 35.5. The minimum atomic E-state index is -0.385. The Labute approximate surface area is 183 Å². The second kappa shape index (κ2) is 10.6. The summed E-state index contributed by atoms with van der Waals surface area (Å²) in [6.07, 6.45) is 1.46. The molecule has 0 aliphatic rings. The molecule has 0 radical (unpaired) electrons. The van der Waals surface area contributed by atoms with E-state index >= 15 is 0 Å². The number of thiazole rings is 1. The molecule has 1 heterocycles. The van der Waals surface area contributed by atoms with Crippen molar-refractivity contribution in [3.8, 4) is 11.5 Å². The maximum atomic E-state index is 11.9. The van der Waals surface area contributed by atoms with Gasteiger partial charge in [-0.15, -0.1) is 0 Å². The Bertz CT molecular complexity index is 991. The molecule has 3 rings (SSSR count). The van der Waals surface area contributed by atoms with E-state index in [2.05, 4.69) is 15.5 Å². The number of anilines is 1. The fourth-order valence-corrected chi connectivity index (χ4v) is 3.34. The molecule has 0 saturated heterocycles. The van der Waals surface area contributed by atoms with E-state index in [1.165, 1.54) is 17.6 Å². The van der Waals surface area contributed by atoms with Crippen LogP contribution in [0.15, 0.2) is 59.7 Å². The average molecular weight is 445 g/mol. The lowest BCUT2D eigenvalue weighted by Gasteiger charge is -2.08. The smallest absolute Gasteiger partial charge is 0.277 e. The standard InChI is InChI=1S/C21H21ClN4O3S/c1-26(2)21-24-20(22)18(30-21)12-23-25-19(27)14-29-17-10-8-16(9-11-17)28-13-15-6-4-3-5-7-15/h3-12H,13-14H2,1-2H3,(H,25,27)/b23-12+. The summed E-state index contributed by atoms with van der Waals surface area (Å²) in [7, 11) is 3.74. The number of carbonyl (C=O) groups is 1. The lowest BCUT2D eigenvalue weighted by atomic mass is 10.2. The summed E-state index contributed by atoms with van der Waals surface area (Å²) in [6.45, 7) is 0.322. The number of rotatable bonds is 9. The minimum absolute atomic E-state index is 0.166. The van der Waals surface area contributed by atoms with Crippen LogP contribution in [0.25, 0.3) is 0 Å². The van der Waals surface area contributed by atoms with Crippen molar-refractivity contribution in [1.82, 2.24) is 10.4 Å². The monoisotopic (exact) mass is 444 g/mol. The van der Waals surface area contributed by atoms with E-state index in [1.54, 1.807) is 24.3 Å². The highest BCUT2D eigenvalue weighted by Crippen LogP contribution is 2.26. The van der Waals surface area contributed by atoms with E-state index in [0.717, 1.165) is 16.4 Å². The fourth-order valence-electron chi connectivity index (χ4n) is 2.29. The van der Waals surface area contributed by atoms with Gasteiger partial charge in [0.1, 0.15) is 18.1 Å². The van der Waals surface area contributed by atoms with Crippen molar-refractivity contribution in [1.29, 1.82) is 0 Å². The third-order valence-electron chi connectivity index (χ3n) is 3.79.